The summed E-state index contributed by atoms with van der Waals surface area (Å²) in [7, 11) is 0. The van der Waals surface area contributed by atoms with Crippen molar-refractivity contribution in [2.45, 2.75) is 38.8 Å². The van der Waals surface area contributed by atoms with Crippen LogP contribution in [0.3, 0.4) is 0 Å². The van der Waals surface area contributed by atoms with Gasteiger partial charge in [-0.25, -0.2) is 4.98 Å². The summed E-state index contributed by atoms with van der Waals surface area (Å²) in [6.45, 7) is 3.67. The Morgan fingerprint density at radius 1 is 1.24 bits per heavy atom. The number of aliphatic carboxylic acids is 2. The zero-order chi connectivity index (χ0) is 21.4. The van der Waals surface area contributed by atoms with Crippen LogP contribution >= 0.6 is 11.3 Å². The summed E-state index contributed by atoms with van der Waals surface area (Å²) in [5, 5.41) is 32.5. The van der Waals surface area contributed by atoms with Crippen molar-refractivity contribution in [2.75, 3.05) is 13.2 Å². The van der Waals surface area contributed by atoms with Crippen LogP contribution in [0, 0.1) is 5.41 Å². The lowest BCUT2D eigenvalue weighted by Gasteiger charge is -2.18. The lowest BCUT2D eigenvalue weighted by molar-refractivity contribution is -0.163. The van der Waals surface area contributed by atoms with Gasteiger partial charge in [0.25, 0.3) is 0 Å². The molecule has 2 rings (SSSR count). The SMILES string of the molecule is C[C@@H](Cc1ncc(CC(C)(C(=O)O)C(=O)O)s1)NC[C@H](O)COc1ccccc1. The van der Waals surface area contributed by atoms with Crippen LogP contribution in [0.1, 0.15) is 23.7 Å². The summed E-state index contributed by atoms with van der Waals surface area (Å²) in [6, 6.07) is 9.27. The number of rotatable bonds is 12. The highest BCUT2D eigenvalue weighted by Gasteiger charge is 2.42. The van der Waals surface area contributed by atoms with Gasteiger partial charge in [0.2, 0.25) is 0 Å². The Balaban J connectivity index is 1.78. The van der Waals surface area contributed by atoms with Gasteiger partial charge in [-0.3, -0.25) is 9.59 Å². The monoisotopic (exact) mass is 422 g/mol. The van der Waals surface area contributed by atoms with Crippen LogP contribution < -0.4 is 10.1 Å². The number of aliphatic hydroxyl groups excluding tert-OH is 1. The van der Waals surface area contributed by atoms with Gasteiger partial charge in [0, 0.05) is 36.5 Å². The molecule has 0 fully saturated rings. The number of carboxylic acids is 2. The van der Waals surface area contributed by atoms with Crippen molar-refractivity contribution in [3.05, 3.63) is 46.4 Å². The highest BCUT2D eigenvalue weighted by molar-refractivity contribution is 7.11. The first kappa shape index (κ1) is 22.8. The van der Waals surface area contributed by atoms with Gasteiger partial charge in [0.05, 0.1) is 5.01 Å². The molecule has 0 saturated heterocycles. The molecule has 0 saturated carbocycles. The zero-order valence-electron chi connectivity index (χ0n) is 16.4. The van der Waals surface area contributed by atoms with E-state index in [0.717, 1.165) is 5.01 Å². The fourth-order valence-corrected chi connectivity index (χ4v) is 3.76. The third kappa shape index (κ3) is 6.81. The zero-order valence-corrected chi connectivity index (χ0v) is 17.2. The van der Waals surface area contributed by atoms with Crippen LogP contribution in [0.15, 0.2) is 36.5 Å². The van der Waals surface area contributed by atoms with E-state index in [2.05, 4.69) is 10.3 Å². The number of nitrogens with one attached hydrogen (secondary N) is 1. The Morgan fingerprint density at radius 3 is 2.52 bits per heavy atom. The molecule has 0 amide bonds. The number of aliphatic hydroxyl groups is 1. The second kappa shape index (κ2) is 10.3. The first-order chi connectivity index (χ1) is 13.7. The quantitative estimate of drug-likeness (QED) is 0.381. The number of para-hydroxylation sites is 1. The van der Waals surface area contributed by atoms with Gasteiger partial charge in [-0.1, -0.05) is 18.2 Å². The molecule has 2 atom stereocenters. The molecular weight excluding hydrogens is 396 g/mol. The van der Waals surface area contributed by atoms with Crippen LogP contribution in [0.5, 0.6) is 5.75 Å². The molecule has 9 heteroatoms. The normalized spacial score (nSPS) is 13.6. The largest absolute Gasteiger partial charge is 0.491 e. The van der Waals surface area contributed by atoms with Crippen molar-refractivity contribution in [3.63, 3.8) is 0 Å². The average Bonchev–Trinajstić information content (AvgIpc) is 3.11. The first-order valence-corrected chi connectivity index (χ1v) is 10.0. The highest BCUT2D eigenvalue weighted by Crippen LogP contribution is 2.27. The number of benzene rings is 1. The predicted molar refractivity (Wildman–Crippen MR) is 108 cm³/mol. The van der Waals surface area contributed by atoms with Gasteiger partial charge in [-0.2, -0.15) is 0 Å². The number of ether oxygens (including phenoxy) is 1. The van der Waals surface area contributed by atoms with Crippen molar-refractivity contribution in [1.29, 1.82) is 0 Å². The van der Waals surface area contributed by atoms with E-state index in [-0.39, 0.29) is 19.1 Å². The second-order valence-corrected chi connectivity index (χ2v) is 8.33. The number of nitrogens with zero attached hydrogens (tertiary/aromatic N) is 1. The molecule has 1 aromatic carbocycles. The van der Waals surface area contributed by atoms with E-state index in [4.69, 9.17) is 4.74 Å². The molecule has 29 heavy (non-hydrogen) atoms. The summed E-state index contributed by atoms with van der Waals surface area (Å²) < 4.78 is 5.51. The molecule has 1 aromatic heterocycles. The Labute approximate surface area is 173 Å². The standard InChI is InChI=1S/C20H26N2O6S/c1-13(21-10-14(23)12-28-15-6-4-3-5-7-15)8-17-22-11-16(29-17)9-20(2,18(24)25)19(26)27/h3-7,11,13-14,21,23H,8-10,12H2,1-2H3,(H,24,25)(H,26,27)/t13-,14-/m0/s1. The van der Waals surface area contributed by atoms with E-state index >= 15 is 0 Å². The molecular formula is C20H26N2O6S. The molecule has 2 aromatic rings. The van der Waals surface area contributed by atoms with Crippen molar-refractivity contribution >= 4 is 23.3 Å². The van der Waals surface area contributed by atoms with Crippen molar-refractivity contribution < 1.29 is 29.6 Å². The molecule has 1 heterocycles. The van der Waals surface area contributed by atoms with Crippen LogP contribution in [0.25, 0.3) is 0 Å². The lowest BCUT2D eigenvalue weighted by Crippen LogP contribution is -2.38. The van der Waals surface area contributed by atoms with E-state index < -0.39 is 23.5 Å². The number of carbonyl (C=O) groups is 2. The van der Waals surface area contributed by atoms with Gasteiger partial charge in [-0.05, 0) is 26.0 Å². The van der Waals surface area contributed by atoms with Crippen LogP contribution in [-0.2, 0) is 22.4 Å². The Bertz CT molecular complexity index is 796. The fourth-order valence-electron chi connectivity index (χ4n) is 2.55. The minimum absolute atomic E-state index is 0.0192. The maximum atomic E-state index is 11.3. The summed E-state index contributed by atoms with van der Waals surface area (Å²) >= 11 is 1.30. The van der Waals surface area contributed by atoms with Crippen molar-refractivity contribution in [1.82, 2.24) is 10.3 Å². The maximum absolute atomic E-state index is 11.3. The van der Waals surface area contributed by atoms with Gasteiger partial charge in [0.15, 0.2) is 5.41 Å². The molecule has 0 aliphatic rings. The van der Waals surface area contributed by atoms with E-state index in [1.54, 1.807) is 0 Å². The average molecular weight is 423 g/mol. The third-order valence-corrected chi connectivity index (χ3v) is 5.46. The summed E-state index contributed by atoms with van der Waals surface area (Å²) in [5.74, 6) is -2.05. The Morgan fingerprint density at radius 2 is 1.90 bits per heavy atom. The number of hydrogen-bond donors (Lipinski definition) is 4. The molecule has 0 unspecified atom stereocenters. The topological polar surface area (TPSA) is 129 Å². The fraction of sp³-hybridized carbons (Fsp3) is 0.450. The predicted octanol–water partition coefficient (Wildman–Crippen LogP) is 1.82. The van der Waals surface area contributed by atoms with Gasteiger partial charge in [-0.15, -0.1) is 11.3 Å². The second-order valence-electron chi connectivity index (χ2n) is 7.13. The molecule has 8 nitrogen and oxygen atoms in total. The number of hydrogen-bond acceptors (Lipinski definition) is 7. The molecule has 0 aliphatic heterocycles. The molecule has 0 spiro atoms. The third-order valence-electron chi connectivity index (χ3n) is 4.44. The molecule has 158 valence electrons. The minimum atomic E-state index is -1.88. The van der Waals surface area contributed by atoms with Gasteiger partial charge in [0.1, 0.15) is 18.5 Å². The van der Waals surface area contributed by atoms with Crippen LogP contribution in [-0.4, -0.2) is 57.5 Å². The first-order valence-electron chi connectivity index (χ1n) is 9.20. The van der Waals surface area contributed by atoms with Gasteiger partial charge >= 0.3 is 11.9 Å². The molecule has 4 N–H and O–H groups in total. The highest BCUT2D eigenvalue weighted by atomic mass is 32.1. The van der Waals surface area contributed by atoms with E-state index in [0.29, 0.717) is 23.6 Å². The number of carboxylic acid groups (broad SMARTS) is 2. The molecule has 0 aliphatic carbocycles. The van der Waals surface area contributed by atoms with Crippen molar-refractivity contribution in [2.24, 2.45) is 5.41 Å². The van der Waals surface area contributed by atoms with Crippen LogP contribution in [0.4, 0.5) is 0 Å². The minimum Gasteiger partial charge on any atom is -0.491 e. The van der Waals surface area contributed by atoms with Crippen LogP contribution in [0.2, 0.25) is 0 Å². The van der Waals surface area contributed by atoms with E-state index in [1.807, 2.05) is 37.3 Å². The summed E-state index contributed by atoms with van der Waals surface area (Å²) in [4.78, 5) is 27.5. The molecule has 0 bridgehead atoms. The number of thiazole rings is 1. The van der Waals surface area contributed by atoms with E-state index in [9.17, 15) is 24.9 Å². The smallest absolute Gasteiger partial charge is 0.321 e. The number of aromatic nitrogens is 1. The molecule has 0 radical (unpaired) electrons. The Kier molecular flexibility index (Phi) is 8.12. The maximum Gasteiger partial charge on any atom is 0.321 e. The summed E-state index contributed by atoms with van der Waals surface area (Å²) in [6.07, 6.45) is 1.32. The lowest BCUT2D eigenvalue weighted by atomic mass is 9.87. The van der Waals surface area contributed by atoms with E-state index in [1.165, 1.54) is 24.5 Å². The summed E-state index contributed by atoms with van der Waals surface area (Å²) in [5.41, 5.74) is -1.88. The Hall–Kier alpha value is -2.49. The van der Waals surface area contributed by atoms with Crippen molar-refractivity contribution in [3.8, 4) is 5.75 Å². The van der Waals surface area contributed by atoms with Gasteiger partial charge < -0.3 is 25.4 Å².